The van der Waals surface area contributed by atoms with Crippen molar-refractivity contribution in [1.82, 2.24) is 5.43 Å². The molecule has 0 saturated heterocycles. The number of benzene rings is 2. The van der Waals surface area contributed by atoms with Crippen molar-refractivity contribution in [3.05, 3.63) is 63.7 Å². The number of nitro groups is 1. The van der Waals surface area contributed by atoms with Gasteiger partial charge in [-0.1, -0.05) is 50.1 Å². The van der Waals surface area contributed by atoms with Crippen LogP contribution >= 0.6 is 0 Å². The fraction of sp³-hybridized carbons (Fsp3) is 0.350. The predicted octanol–water partition coefficient (Wildman–Crippen LogP) is 4.30. The Bertz CT molecular complexity index is 763. The van der Waals surface area contributed by atoms with E-state index in [1.807, 2.05) is 30.3 Å². The maximum atomic E-state index is 11.5. The maximum Gasteiger partial charge on any atom is 0.315 e. The number of methoxy groups -OCH3 is 1. The topological polar surface area (TPSA) is 86.0 Å². The van der Waals surface area contributed by atoms with Gasteiger partial charge in [-0.2, -0.15) is 5.10 Å². The molecular weight excluding hydrogens is 346 g/mol. The molecule has 0 fully saturated rings. The number of nitro benzene ring substituents is 1. The molecule has 0 radical (unpaired) electrons. The molecule has 7 heteroatoms. The fourth-order valence-electron chi connectivity index (χ4n) is 2.49. The summed E-state index contributed by atoms with van der Waals surface area (Å²) in [7, 11) is 1.46. The van der Waals surface area contributed by atoms with Gasteiger partial charge in [0.2, 0.25) is 5.75 Å². The largest absolute Gasteiger partial charge is 0.493 e. The summed E-state index contributed by atoms with van der Waals surface area (Å²) in [5.41, 5.74) is 4.44. The van der Waals surface area contributed by atoms with Crippen LogP contribution in [0.4, 0.5) is 5.69 Å². The summed E-state index contributed by atoms with van der Waals surface area (Å²) in [4.78, 5) is 11.0. The van der Waals surface area contributed by atoms with Crippen molar-refractivity contribution < 1.29 is 14.4 Å². The van der Waals surface area contributed by atoms with E-state index >= 15 is 0 Å². The molecule has 0 aliphatic carbocycles. The third-order valence-corrected chi connectivity index (χ3v) is 3.90. The zero-order chi connectivity index (χ0) is 19.5. The van der Waals surface area contributed by atoms with Gasteiger partial charge in [0.25, 0.3) is 0 Å². The second kappa shape index (κ2) is 10.8. The number of nitrogens with one attached hydrogen (secondary N) is 1. The highest BCUT2D eigenvalue weighted by atomic mass is 16.6. The summed E-state index contributed by atoms with van der Waals surface area (Å²) >= 11 is 0. The van der Waals surface area contributed by atoms with Crippen molar-refractivity contribution in [3.8, 4) is 11.5 Å². The molecule has 0 aliphatic heterocycles. The van der Waals surface area contributed by atoms with Crippen LogP contribution in [0.5, 0.6) is 11.5 Å². The van der Waals surface area contributed by atoms with Crippen LogP contribution in [-0.2, 0) is 6.54 Å². The van der Waals surface area contributed by atoms with Crippen LogP contribution in [0, 0.1) is 10.1 Å². The van der Waals surface area contributed by atoms with E-state index < -0.39 is 4.92 Å². The Morgan fingerprint density at radius 3 is 2.67 bits per heavy atom. The number of unbranched alkanes of at least 4 members (excludes halogenated alkanes) is 2. The zero-order valence-electron chi connectivity index (χ0n) is 15.7. The van der Waals surface area contributed by atoms with Crippen molar-refractivity contribution in [1.29, 1.82) is 0 Å². The van der Waals surface area contributed by atoms with Crippen LogP contribution in [0.15, 0.2) is 47.6 Å². The number of rotatable bonds is 11. The summed E-state index contributed by atoms with van der Waals surface area (Å²) < 4.78 is 10.9. The minimum atomic E-state index is -0.466. The SMILES string of the molecule is CCCCCOc1c(OC)cc(C=NNCc2ccccc2)cc1[N+](=O)[O-]. The molecule has 0 bridgehead atoms. The number of hydrogen-bond acceptors (Lipinski definition) is 6. The lowest BCUT2D eigenvalue weighted by atomic mass is 10.2. The molecule has 0 unspecified atom stereocenters. The Kier molecular flexibility index (Phi) is 8.09. The standard InChI is InChI=1S/C20H25N3O4/c1-3-4-8-11-27-20-18(23(24)25)12-17(13-19(20)26-2)15-22-21-14-16-9-6-5-7-10-16/h5-7,9-10,12-13,15,21H,3-4,8,11,14H2,1-2H3. The van der Waals surface area contributed by atoms with E-state index in [9.17, 15) is 10.1 Å². The Labute approximate surface area is 159 Å². The molecule has 2 aromatic carbocycles. The minimum Gasteiger partial charge on any atom is -0.493 e. The Balaban J connectivity index is 2.11. The van der Waals surface area contributed by atoms with Crippen LogP contribution < -0.4 is 14.9 Å². The third-order valence-electron chi connectivity index (χ3n) is 3.90. The number of hydrogen-bond donors (Lipinski definition) is 1. The Hall–Kier alpha value is -3.09. The van der Waals surface area contributed by atoms with Gasteiger partial charge in [0, 0.05) is 11.6 Å². The van der Waals surface area contributed by atoms with Gasteiger partial charge in [-0.15, -0.1) is 0 Å². The average molecular weight is 371 g/mol. The molecule has 0 atom stereocenters. The van der Waals surface area contributed by atoms with Gasteiger partial charge >= 0.3 is 5.69 Å². The van der Waals surface area contributed by atoms with Crippen molar-refractivity contribution in [2.45, 2.75) is 32.7 Å². The van der Waals surface area contributed by atoms with E-state index in [2.05, 4.69) is 17.5 Å². The van der Waals surface area contributed by atoms with E-state index in [1.54, 1.807) is 6.07 Å². The molecule has 2 aromatic rings. The molecule has 0 aliphatic rings. The van der Waals surface area contributed by atoms with Gasteiger partial charge in [-0.25, -0.2) is 0 Å². The zero-order valence-corrected chi connectivity index (χ0v) is 15.7. The quantitative estimate of drug-likeness (QED) is 0.275. The van der Waals surface area contributed by atoms with Gasteiger partial charge < -0.3 is 14.9 Å². The fourth-order valence-corrected chi connectivity index (χ4v) is 2.49. The van der Waals surface area contributed by atoms with Gasteiger partial charge in [0.1, 0.15) is 0 Å². The first-order valence-corrected chi connectivity index (χ1v) is 8.94. The van der Waals surface area contributed by atoms with E-state index in [4.69, 9.17) is 9.47 Å². The first-order valence-electron chi connectivity index (χ1n) is 8.94. The van der Waals surface area contributed by atoms with Gasteiger partial charge in [0.15, 0.2) is 5.75 Å². The minimum absolute atomic E-state index is 0.129. The monoisotopic (exact) mass is 371 g/mol. The predicted molar refractivity (Wildman–Crippen MR) is 106 cm³/mol. The van der Waals surface area contributed by atoms with Crippen LogP contribution in [0.1, 0.15) is 37.3 Å². The molecule has 144 valence electrons. The van der Waals surface area contributed by atoms with Crippen molar-refractivity contribution in [3.63, 3.8) is 0 Å². The third kappa shape index (κ3) is 6.29. The Morgan fingerprint density at radius 2 is 2.00 bits per heavy atom. The van der Waals surface area contributed by atoms with E-state index in [-0.39, 0.29) is 11.4 Å². The van der Waals surface area contributed by atoms with Crippen LogP contribution in [0.2, 0.25) is 0 Å². The highest BCUT2D eigenvalue weighted by Gasteiger charge is 2.22. The van der Waals surface area contributed by atoms with Crippen LogP contribution in [0.25, 0.3) is 0 Å². The number of ether oxygens (including phenoxy) is 2. The van der Waals surface area contributed by atoms with Gasteiger partial charge in [0.05, 0.1) is 31.4 Å². The van der Waals surface area contributed by atoms with E-state index in [1.165, 1.54) is 19.4 Å². The molecule has 0 aromatic heterocycles. The number of nitrogens with zero attached hydrogens (tertiary/aromatic N) is 2. The molecule has 0 amide bonds. The summed E-state index contributed by atoms with van der Waals surface area (Å²) in [5.74, 6) is 0.484. The lowest BCUT2D eigenvalue weighted by molar-refractivity contribution is -0.386. The van der Waals surface area contributed by atoms with Crippen LogP contribution in [0.3, 0.4) is 0 Å². The normalized spacial score (nSPS) is 10.7. The summed E-state index contributed by atoms with van der Waals surface area (Å²) in [6.07, 6.45) is 4.42. The average Bonchev–Trinajstić information content (AvgIpc) is 2.69. The second-order valence-corrected chi connectivity index (χ2v) is 5.96. The molecule has 7 nitrogen and oxygen atoms in total. The lowest BCUT2D eigenvalue weighted by Crippen LogP contribution is -2.06. The first kappa shape index (κ1) is 20.2. The first-order chi connectivity index (χ1) is 13.2. The molecule has 0 saturated carbocycles. The van der Waals surface area contributed by atoms with E-state index in [0.29, 0.717) is 24.5 Å². The van der Waals surface area contributed by atoms with E-state index in [0.717, 1.165) is 24.8 Å². The molecule has 0 heterocycles. The summed E-state index contributed by atoms with van der Waals surface area (Å²) in [5, 5.41) is 15.6. The lowest BCUT2D eigenvalue weighted by Gasteiger charge is -2.11. The van der Waals surface area contributed by atoms with Crippen LogP contribution in [-0.4, -0.2) is 24.9 Å². The highest BCUT2D eigenvalue weighted by molar-refractivity contribution is 5.83. The molecule has 27 heavy (non-hydrogen) atoms. The van der Waals surface area contributed by atoms with Gasteiger partial charge in [-0.3, -0.25) is 10.1 Å². The summed E-state index contributed by atoms with van der Waals surface area (Å²) in [6, 6.07) is 12.9. The van der Waals surface area contributed by atoms with Gasteiger partial charge in [-0.05, 0) is 18.1 Å². The van der Waals surface area contributed by atoms with Crippen molar-refractivity contribution in [2.24, 2.45) is 5.10 Å². The smallest absolute Gasteiger partial charge is 0.315 e. The molecule has 1 N–H and O–H groups in total. The number of hydrazone groups is 1. The Morgan fingerprint density at radius 1 is 1.22 bits per heavy atom. The molecule has 2 rings (SSSR count). The van der Waals surface area contributed by atoms with Crippen molar-refractivity contribution in [2.75, 3.05) is 13.7 Å². The summed E-state index contributed by atoms with van der Waals surface area (Å²) in [6.45, 7) is 3.06. The maximum absolute atomic E-state index is 11.5. The second-order valence-electron chi connectivity index (χ2n) is 5.96. The van der Waals surface area contributed by atoms with Crippen molar-refractivity contribution >= 4 is 11.9 Å². The highest BCUT2D eigenvalue weighted by Crippen LogP contribution is 2.38. The molecular formula is C20H25N3O4. The molecule has 0 spiro atoms.